The van der Waals surface area contributed by atoms with E-state index in [4.69, 9.17) is 21.7 Å². The van der Waals surface area contributed by atoms with E-state index in [0.29, 0.717) is 21.5 Å². The number of hydrogen-bond acceptors (Lipinski definition) is 6. The maximum Gasteiger partial charge on any atom is 0.283 e. The van der Waals surface area contributed by atoms with Crippen LogP contribution < -0.4 is 4.74 Å². The van der Waals surface area contributed by atoms with Crippen LogP contribution in [0.5, 0.6) is 5.75 Å². The number of nitrogens with one attached hydrogen (secondary N) is 1. The maximum absolute atomic E-state index is 12.6. The number of aliphatic imine (C=N–C) groups is 1. The molecule has 4 rings (SSSR count). The van der Waals surface area contributed by atoms with Crippen molar-refractivity contribution >= 4 is 62.5 Å². The van der Waals surface area contributed by atoms with Gasteiger partial charge in [0.05, 0.1) is 12.7 Å². The van der Waals surface area contributed by atoms with Crippen LogP contribution in [0.4, 0.5) is 0 Å². The van der Waals surface area contributed by atoms with Crippen LogP contribution in [0.15, 0.2) is 64.2 Å². The number of rotatable bonds is 4. The van der Waals surface area contributed by atoms with E-state index in [1.165, 1.54) is 29.4 Å². The third-order valence-electron chi connectivity index (χ3n) is 4.13. The van der Waals surface area contributed by atoms with Crippen molar-refractivity contribution in [1.29, 1.82) is 5.41 Å². The van der Waals surface area contributed by atoms with E-state index >= 15 is 0 Å². The van der Waals surface area contributed by atoms with Crippen LogP contribution in [0, 0.1) is 5.41 Å². The number of halogens is 1. The molecule has 2 heterocycles. The summed E-state index contributed by atoms with van der Waals surface area (Å²) in [6, 6.07) is 15.1. The highest BCUT2D eigenvalue weighted by atomic mass is 35.5. The minimum Gasteiger partial charge on any atom is -0.496 e. The summed E-state index contributed by atoms with van der Waals surface area (Å²) in [4.78, 5) is 16.7. The Bertz CT molecular complexity index is 1080. The molecular formula is C20H15ClN4O2S2. The van der Waals surface area contributed by atoms with Crippen LogP contribution >= 0.6 is 35.1 Å². The summed E-state index contributed by atoms with van der Waals surface area (Å²) < 4.78 is 6.06. The first-order valence-corrected chi connectivity index (χ1v) is 10.7. The molecule has 9 heteroatoms. The molecule has 6 nitrogen and oxygen atoms in total. The molecule has 0 saturated carbocycles. The summed E-state index contributed by atoms with van der Waals surface area (Å²) in [6.07, 6.45) is 1.56. The SMILES string of the molecule is COc1ccc(Cl)cc1C=C1C(=N)N2N=C(SCc3ccccc3)SC2=NC1=O. The van der Waals surface area contributed by atoms with Crippen LogP contribution in [0.1, 0.15) is 11.1 Å². The predicted octanol–water partition coefficient (Wildman–Crippen LogP) is 4.86. The summed E-state index contributed by atoms with van der Waals surface area (Å²) in [5, 5.41) is 15.2. The van der Waals surface area contributed by atoms with Crippen molar-refractivity contribution in [2.45, 2.75) is 5.75 Å². The van der Waals surface area contributed by atoms with Gasteiger partial charge in [-0.15, -0.1) is 5.10 Å². The molecule has 146 valence electrons. The monoisotopic (exact) mass is 442 g/mol. The fourth-order valence-corrected chi connectivity index (χ4v) is 4.79. The second kappa shape index (κ2) is 8.44. The molecule has 0 unspecified atom stereocenters. The second-order valence-corrected chi connectivity index (χ2v) is 8.66. The van der Waals surface area contributed by atoms with Crippen LogP contribution in [0.25, 0.3) is 6.08 Å². The summed E-state index contributed by atoms with van der Waals surface area (Å²) in [5.74, 6) is 0.790. The van der Waals surface area contributed by atoms with E-state index in [1.807, 2.05) is 30.3 Å². The largest absolute Gasteiger partial charge is 0.496 e. The molecular weight excluding hydrogens is 428 g/mol. The Labute approximate surface area is 181 Å². The Morgan fingerprint density at radius 2 is 2.07 bits per heavy atom. The molecule has 0 spiro atoms. The lowest BCUT2D eigenvalue weighted by Crippen LogP contribution is -2.35. The summed E-state index contributed by atoms with van der Waals surface area (Å²) in [5.41, 5.74) is 1.90. The van der Waals surface area contributed by atoms with Gasteiger partial charge in [0.2, 0.25) is 5.17 Å². The van der Waals surface area contributed by atoms with Gasteiger partial charge < -0.3 is 4.74 Å². The van der Waals surface area contributed by atoms with Gasteiger partial charge in [-0.2, -0.15) is 10.0 Å². The molecule has 2 aliphatic rings. The number of amides is 1. The first-order chi connectivity index (χ1) is 14.0. The highest BCUT2D eigenvalue weighted by Gasteiger charge is 2.35. The summed E-state index contributed by atoms with van der Waals surface area (Å²) >= 11 is 8.91. The van der Waals surface area contributed by atoms with Gasteiger partial charge in [0.1, 0.15) is 5.75 Å². The van der Waals surface area contributed by atoms with Gasteiger partial charge in [-0.25, -0.2) is 0 Å². The molecule has 2 aromatic carbocycles. The molecule has 2 aliphatic heterocycles. The fraction of sp³-hybridized carbons (Fsp3) is 0.100. The number of benzene rings is 2. The fourth-order valence-electron chi connectivity index (χ4n) is 2.73. The van der Waals surface area contributed by atoms with Crippen molar-refractivity contribution in [1.82, 2.24) is 5.01 Å². The van der Waals surface area contributed by atoms with Gasteiger partial charge >= 0.3 is 0 Å². The van der Waals surface area contributed by atoms with Gasteiger partial charge in [-0.1, -0.05) is 53.7 Å². The number of hydrogen-bond donors (Lipinski definition) is 1. The molecule has 0 radical (unpaired) electrons. The molecule has 2 aromatic rings. The second-order valence-electron chi connectivity index (χ2n) is 6.05. The van der Waals surface area contributed by atoms with Gasteiger partial charge in [0.15, 0.2) is 10.2 Å². The van der Waals surface area contributed by atoms with Crippen LogP contribution in [-0.4, -0.2) is 33.4 Å². The molecule has 0 aromatic heterocycles. The molecule has 29 heavy (non-hydrogen) atoms. The van der Waals surface area contributed by atoms with Gasteiger partial charge in [-0.05, 0) is 41.6 Å². The first-order valence-electron chi connectivity index (χ1n) is 8.55. The average molecular weight is 443 g/mol. The Morgan fingerprint density at radius 1 is 1.28 bits per heavy atom. The van der Waals surface area contributed by atoms with Crippen molar-refractivity contribution < 1.29 is 9.53 Å². The Balaban J connectivity index is 1.58. The van der Waals surface area contributed by atoms with Gasteiger partial charge in [0, 0.05) is 16.3 Å². The van der Waals surface area contributed by atoms with Gasteiger partial charge in [-0.3, -0.25) is 10.2 Å². The number of fused-ring (bicyclic) bond motifs is 1. The normalized spacial score (nSPS) is 17.3. The van der Waals surface area contributed by atoms with Crippen molar-refractivity contribution in [3.8, 4) is 5.75 Å². The van der Waals surface area contributed by atoms with Crippen LogP contribution in [-0.2, 0) is 10.5 Å². The third kappa shape index (κ3) is 4.24. The molecule has 0 bridgehead atoms. The van der Waals surface area contributed by atoms with E-state index in [0.717, 1.165) is 10.1 Å². The number of thioether (sulfide) groups is 2. The number of carbonyl (C=O) groups excluding carboxylic acids is 1. The van der Waals surface area contributed by atoms with Crippen LogP contribution in [0.3, 0.4) is 0 Å². The summed E-state index contributed by atoms with van der Waals surface area (Å²) in [7, 11) is 1.53. The zero-order valence-electron chi connectivity index (χ0n) is 15.3. The molecule has 0 aliphatic carbocycles. The number of nitrogens with zero attached hydrogens (tertiary/aromatic N) is 3. The minimum absolute atomic E-state index is 0.0233. The Morgan fingerprint density at radius 3 is 2.83 bits per heavy atom. The zero-order valence-corrected chi connectivity index (χ0v) is 17.6. The first kappa shape index (κ1) is 19.8. The van der Waals surface area contributed by atoms with Crippen LogP contribution in [0.2, 0.25) is 5.02 Å². The van der Waals surface area contributed by atoms with E-state index in [1.54, 1.807) is 36.0 Å². The van der Waals surface area contributed by atoms with Gasteiger partial charge in [0.25, 0.3) is 5.91 Å². The lowest BCUT2D eigenvalue weighted by molar-refractivity contribution is -0.114. The van der Waals surface area contributed by atoms with Crippen molar-refractivity contribution in [3.63, 3.8) is 0 Å². The number of methoxy groups -OCH3 is 1. The number of ether oxygens (including phenoxy) is 1. The van der Waals surface area contributed by atoms with E-state index in [-0.39, 0.29) is 11.4 Å². The zero-order chi connectivity index (χ0) is 20.4. The van der Waals surface area contributed by atoms with Crippen molar-refractivity contribution in [2.24, 2.45) is 10.1 Å². The topological polar surface area (TPSA) is 78.1 Å². The molecule has 0 atom stereocenters. The minimum atomic E-state index is -0.486. The highest BCUT2D eigenvalue weighted by Crippen LogP contribution is 2.34. The number of amidine groups is 2. The highest BCUT2D eigenvalue weighted by molar-refractivity contribution is 8.45. The lowest BCUT2D eigenvalue weighted by atomic mass is 10.1. The standard InChI is InChI=1S/C20H15ClN4O2S2/c1-27-16-8-7-14(21)9-13(16)10-15-17(22)25-19(23-18(15)26)29-20(24-25)28-11-12-5-3-2-4-6-12/h2-10,22H,11H2,1H3. The summed E-state index contributed by atoms with van der Waals surface area (Å²) in [6.45, 7) is 0. The number of carbonyl (C=O) groups is 1. The predicted molar refractivity (Wildman–Crippen MR) is 121 cm³/mol. The van der Waals surface area contributed by atoms with Crippen molar-refractivity contribution in [2.75, 3.05) is 7.11 Å². The quantitative estimate of drug-likeness (QED) is 0.684. The smallest absolute Gasteiger partial charge is 0.283 e. The van der Waals surface area contributed by atoms with E-state index < -0.39 is 5.91 Å². The Hall–Kier alpha value is -2.55. The van der Waals surface area contributed by atoms with Crippen molar-refractivity contribution in [3.05, 3.63) is 70.3 Å². The molecule has 0 saturated heterocycles. The molecule has 0 fully saturated rings. The lowest BCUT2D eigenvalue weighted by Gasteiger charge is -2.20. The average Bonchev–Trinajstić information content (AvgIpc) is 3.13. The van der Waals surface area contributed by atoms with E-state index in [9.17, 15) is 4.79 Å². The maximum atomic E-state index is 12.6. The Kier molecular flexibility index (Phi) is 5.75. The molecule has 1 N–H and O–H groups in total. The van der Waals surface area contributed by atoms with E-state index in [2.05, 4.69) is 10.1 Å². The number of hydrazone groups is 1. The molecule has 1 amide bonds. The third-order valence-corrected chi connectivity index (χ3v) is 6.48.